The van der Waals surface area contributed by atoms with Crippen LogP contribution in [0.5, 0.6) is 0 Å². The average molecular weight is 376 g/mol. The fourth-order valence-corrected chi connectivity index (χ4v) is 4.78. The maximum Gasteiger partial charge on any atom is 0.417 e. The molecule has 1 aliphatic heterocycles. The summed E-state index contributed by atoms with van der Waals surface area (Å²) in [6.07, 6.45) is 1.02. The highest BCUT2D eigenvalue weighted by atomic mass is 19.4. The zero-order chi connectivity index (χ0) is 19.1. The van der Waals surface area contributed by atoms with E-state index in [-0.39, 0.29) is 12.0 Å². The van der Waals surface area contributed by atoms with Crippen molar-refractivity contribution in [3.05, 3.63) is 59.8 Å². The molecule has 1 aromatic heterocycles. The number of fused-ring (bicyclic) bond motifs is 1. The van der Waals surface area contributed by atoms with Gasteiger partial charge < -0.3 is 10.0 Å². The third-order valence-electron chi connectivity index (χ3n) is 6.12. The van der Waals surface area contributed by atoms with Crippen LogP contribution in [-0.2, 0) is 11.8 Å². The number of aliphatic hydroxyl groups is 1. The van der Waals surface area contributed by atoms with E-state index < -0.39 is 17.3 Å². The number of benzene rings is 1. The summed E-state index contributed by atoms with van der Waals surface area (Å²) in [6.45, 7) is 0.574. The number of hydrogen-bond acceptors (Lipinski definition) is 3. The minimum absolute atomic E-state index is 0.0477. The Bertz CT molecular complexity index is 778. The summed E-state index contributed by atoms with van der Waals surface area (Å²) in [5.41, 5.74) is -0.694. The van der Waals surface area contributed by atoms with E-state index in [0.29, 0.717) is 18.8 Å². The van der Waals surface area contributed by atoms with E-state index in [9.17, 15) is 18.3 Å². The van der Waals surface area contributed by atoms with Gasteiger partial charge in [-0.25, -0.2) is 4.98 Å². The Morgan fingerprint density at radius 3 is 2.44 bits per heavy atom. The van der Waals surface area contributed by atoms with Crippen molar-refractivity contribution in [3.63, 3.8) is 0 Å². The second-order valence-corrected chi connectivity index (χ2v) is 7.59. The third-order valence-corrected chi connectivity index (χ3v) is 6.12. The molecule has 2 fully saturated rings. The Morgan fingerprint density at radius 1 is 1.04 bits per heavy atom. The zero-order valence-corrected chi connectivity index (χ0v) is 15.0. The van der Waals surface area contributed by atoms with E-state index in [0.717, 1.165) is 43.5 Å². The summed E-state index contributed by atoms with van der Waals surface area (Å²) >= 11 is 0. The van der Waals surface area contributed by atoms with Gasteiger partial charge in [0, 0.05) is 24.7 Å². The highest BCUT2D eigenvalue weighted by Gasteiger charge is 2.49. The second-order valence-electron chi connectivity index (χ2n) is 7.59. The number of rotatable bonds is 2. The van der Waals surface area contributed by atoms with Crippen LogP contribution in [0, 0.1) is 5.92 Å². The molecule has 0 amide bonds. The highest BCUT2D eigenvalue weighted by molar-refractivity contribution is 5.44. The van der Waals surface area contributed by atoms with Crippen molar-refractivity contribution in [2.24, 2.45) is 5.92 Å². The molecule has 144 valence electrons. The van der Waals surface area contributed by atoms with Gasteiger partial charge in [0.15, 0.2) is 0 Å². The number of alkyl halides is 3. The molecular formula is C21H23F3N2O. The van der Waals surface area contributed by atoms with E-state index in [4.69, 9.17) is 0 Å². The van der Waals surface area contributed by atoms with Gasteiger partial charge in [0.2, 0.25) is 0 Å². The molecule has 1 unspecified atom stereocenters. The van der Waals surface area contributed by atoms with Crippen LogP contribution in [0.4, 0.5) is 19.0 Å². The van der Waals surface area contributed by atoms with Crippen LogP contribution in [0.1, 0.15) is 43.2 Å². The zero-order valence-electron chi connectivity index (χ0n) is 15.0. The van der Waals surface area contributed by atoms with Crippen molar-refractivity contribution >= 4 is 5.82 Å². The molecule has 0 bridgehead atoms. The molecule has 1 aliphatic carbocycles. The summed E-state index contributed by atoms with van der Waals surface area (Å²) in [5, 5.41) is 11.6. The summed E-state index contributed by atoms with van der Waals surface area (Å²) in [5.74, 6) is 0.613. The lowest BCUT2D eigenvalue weighted by molar-refractivity contribution is -0.137. The molecule has 1 saturated carbocycles. The largest absolute Gasteiger partial charge is 0.417 e. The van der Waals surface area contributed by atoms with Gasteiger partial charge in [0.25, 0.3) is 0 Å². The maximum atomic E-state index is 12.8. The summed E-state index contributed by atoms with van der Waals surface area (Å²) < 4.78 is 38.5. The average Bonchev–Trinajstić information content (AvgIpc) is 2.69. The van der Waals surface area contributed by atoms with Crippen LogP contribution in [0.3, 0.4) is 0 Å². The predicted octanol–water partition coefficient (Wildman–Crippen LogP) is 4.76. The molecule has 3 atom stereocenters. The number of piperidine rings is 1. The second kappa shape index (κ2) is 6.82. The predicted molar refractivity (Wildman–Crippen MR) is 97.3 cm³/mol. The molecule has 1 aromatic carbocycles. The number of halogens is 3. The first kappa shape index (κ1) is 18.3. The minimum Gasteiger partial charge on any atom is -0.385 e. The fourth-order valence-electron chi connectivity index (χ4n) is 4.78. The van der Waals surface area contributed by atoms with Crippen LogP contribution in [-0.4, -0.2) is 22.7 Å². The first-order valence-electron chi connectivity index (χ1n) is 9.47. The van der Waals surface area contributed by atoms with Crippen molar-refractivity contribution in [1.82, 2.24) is 4.98 Å². The lowest BCUT2D eigenvalue weighted by Crippen LogP contribution is -2.57. The van der Waals surface area contributed by atoms with Gasteiger partial charge in [0.05, 0.1) is 11.2 Å². The molecule has 1 N–H and O–H groups in total. The molecule has 0 radical (unpaired) electrons. The van der Waals surface area contributed by atoms with Crippen LogP contribution in [0.2, 0.25) is 0 Å². The Morgan fingerprint density at radius 2 is 1.78 bits per heavy atom. The SMILES string of the molecule is OC1(c2ccccc2)CCN(c2ccc(C(F)(F)F)cn2)[C@H]2CCCC[C@H]21. The summed E-state index contributed by atoms with van der Waals surface area (Å²) in [7, 11) is 0. The molecule has 2 heterocycles. The normalized spacial score (nSPS) is 28.7. The number of aromatic nitrogens is 1. The van der Waals surface area contributed by atoms with E-state index in [1.165, 1.54) is 6.07 Å². The molecule has 2 aromatic rings. The van der Waals surface area contributed by atoms with Gasteiger partial charge in [-0.15, -0.1) is 0 Å². The van der Waals surface area contributed by atoms with Gasteiger partial charge in [-0.1, -0.05) is 43.2 Å². The molecule has 6 heteroatoms. The first-order valence-corrected chi connectivity index (χ1v) is 9.47. The van der Waals surface area contributed by atoms with Crippen LogP contribution in [0.25, 0.3) is 0 Å². The Kier molecular flexibility index (Phi) is 4.62. The van der Waals surface area contributed by atoms with E-state index in [1.807, 2.05) is 30.3 Å². The Labute approximate surface area is 156 Å². The molecule has 4 rings (SSSR count). The van der Waals surface area contributed by atoms with E-state index in [2.05, 4.69) is 9.88 Å². The number of pyridine rings is 1. The molecule has 3 nitrogen and oxygen atoms in total. The molecular weight excluding hydrogens is 353 g/mol. The number of nitrogens with zero attached hydrogens (tertiary/aromatic N) is 2. The molecule has 0 spiro atoms. The van der Waals surface area contributed by atoms with Gasteiger partial charge in [-0.2, -0.15) is 13.2 Å². The van der Waals surface area contributed by atoms with Crippen molar-refractivity contribution in [1.29, 1.82) is 0 Å². The standard InChI is InChI=1S/C21H23F3N2O/c22-21(23,24)16-10-11-19(25-14-16)26-13-12-20(27,15-6-2-1-3-7-15)17-8-4-5-9-18(17)26/h1-3,6-7,10-11,14,17-18,27H,4-5,8-9,12-13H2/t17-,18+,20?/m1/s1. The fraction of sp³-hybridized carbons (Fsp3) is 0.476. The van der Waals surface area contributed by atoms with Crippen molar-refractivity contribution < 1.29 is 18.3 Å². The van der Waals surface area contributed by atoms with Crippen LogP contribution < -0.4 is 4.90 Å². The number of anilines is 1. The van der Waals surface area contributed by atoms with Gasteiger partial charge >= 0.3 is 6.18 Å². The quantitative estimate of drug-likeness (QED) is 0.821. The van der Waals surface area contributed by atoms with Gasteiger partial charge in [-0.3, -0.25) is 0 Å². The van der Waals surface area contributed by atoms with Crippen molar-refractivity contribution in [3.8, 4) is 0 Å². The van der Waals surface area contributed by atoms with Crippen molar-refractivity contribution in [2.75, 3.05) is 11.4 Å². The monoisotopic (exact) mass is 376 g/mol. The highest BCUT2D eigenvalue weighted by Crippen LogP contribution is 2.47. The lowest BCUT2D eigenvalue weighted by atomic mass is 9.66. The molecule has 27 heavy (non-hydrogen) atoms. The molecule has 2 aliphatic rings. The summed E-state index contributed by atoms with van der Waals surface area (Å²) in [4.78, 5) is 6.20. The maximum absolute atomic E-state index is 12.8. The number of hydrogen-bond donors (Lipinski definition) is 1. The molecule has 1 saturated heterocycles. The topological polar surface area (TPSA) is 36.4 Å². The Balaban J connectivity index is 1.64. The first-order chi connectivity index (χ1) is 12.9. The van der Waals surface area contributed by atoms with Gasteiger partial charge in [0.1, 0.15) is 5.82 Å². The lowest BCUT2D eigenvalue weighted by Gasteiger charge is -2.53. The van der Waals surface area contributed by atoms with Crippen LogP contribution in [0.15, 0.2) is 48.7 Å². The smallest absolute Gasteiger partial charge is 0.385 e. The minimum atomic E-state index is -4.38. The van der Waals surface area contributed by atoms with E-state index >= 15 is 0 Å². The van der Waals surface area contributed by atoms with Gasteiger partial charge in [-0.05, 0) is 37.0 Å². The van der Waals surface area contributed by atoms with Crippen molar-refractivity contribution in [2.45, 2.75) is 49.9 Å². The van der Waals surface area contributed by atoms with E-state index in [1.54, 1.807) is 0 Å². The third kappa shape index (κ3) is 3.31. The summed E-state index contributed by atoms with van der Waals surface area (Å²) in [6, 6.07) is 12.4. The van der Waals surface area contributed by atoms with Crippen LogP contribution >= 0.6 is 0 Å². The Hall–Kier alpha value is -2.08.